The Balaban J connectivity index is 2.53. The van der Waals surface area contributed by atoms with Crippen LogP contribution in [0.5, 0.6) is 0 Å². The average Bonchev–Trinajstić information content (AvgIpc) is 2.70. The first-order chi connectivity index (χ1) is 6.79. The van der Waals surface area contributed by atoms with E-state index in [4.69, 9.17) is 0 Å². The molecule has 0 aliphatic carbocycles. The van der Waals surface area contributed by atoms with Gasteiger partial charge < -0.3 is 0 Å². The summed E-state index contributed by atoms with van der Waals surface area (Å²) in [5.41, 5.74) is 2.30. The molecule has 2 rings (SSSR count). The highest BCUT2D eigenvalue weighted by Gasteiger charge is 2.07. The molecule has 4 nitrogen and oxygen atoms in total. The van der Waals surface area contributed by atoms with Gasteiger partial charge in [-0.25, -0.2) is 4.68 Å². The van der Waals surface area contributed by atoms with Crippen molar-refractivity contribution in [3.05, 3.63) is 36.2 Å². The van der Waals surface area contributed by atoms with Crippen molar-refractivity contribution < 1.29 is 0 Å². The highest BCUT2D eigenvalue weighted by Crippen LogP contribution is 2.21. The van der Waals surface area contributed by atoms with Crippen molar-refractivity contribution in [1.29, 1.82) is 0 Å². The molecule has 0 bridgehead atoms. The Hall–Kier alpha value is -1.71. The summed E-state index contributed by atoms with van der Waals surface area (Å²) in [5, 5.41) is 11.1. The Morgan fingerprint density at radius 3 is 2.64 bits per heavy atom. The molecule has 0 amide bonds. The predicted octanol–water partition coefficient (Wildman–Crippen LogP) is 1.79. The highest BCUT2D eigenvalue weighted by molar-refractivity contribution is 5.41. The second-order valence-electron chi connectivity index (χ2n) is 3.47. The molecule has 2 aromatic rings. The molecule has 0 radical (unpaired) electrons. The number of aromatic nitrogens is 4. The molecule has 0 atom stereocenters. The van der Waals surface area contributed by atoms with Crippen molar-refractivity contribution in [2.24, 2.45) is 0 Å². The van der Waals surface area contributed by atoms with E-state index >= 15 is 0 Å². The van der Waals surface area contributed by atoms with Crippen LogP contribution in [-0.2, 0) is 0 Å². The topological polar surface area (TPSA) is 43.6 Å². The molecule has 0 N–H and O–H groups in total. The monoisotopic (exact) mass is 188 g/mol. The average molecular weight is 188 g/mol. The van der Waals surface area contributed by atoms with Crippen LogP contribution in [0.2, 0.25) is 0 Å². The van der Waals surface area contributed by atoms with E-state index in [0.717, 1.165) is 5.69 Å². The van der Waals surface area contributed by atoms with E-state index in [1.807, 2.05) is 18.2 Å². The number of hydrogen-bond acceptors (Lipinski definition) is 3. The van der Waals surface area contributed by atoms with Crippen molar-refractivity contribution in [3.8, 4) is 5.69 Å². The molecular weight excluding hydrogens is 176 g/mol. The summed E-state index contributed by atoms with van der Waals surface area (Å²) >= 11 is 0. The fraction of sp³-hybridized carbons (Fsp3) is 0.300. The van der Waals surface area contributed by atoms with Gasteiger partial charge in [-0.05, 0) is 28.0 Å². The molecule has 0 spiro atoms. The zero-order valence-corrected chi connectivity index (χ0v) is 8.25. The summed E-state index contributed by atoms with van der Waals surface area (Å²) < 4.78 is 1.69. The molecule has 0 fully saturated rings. The third-order valence-corrected chi connectivity index (χ3v) is 2.15. The van der Waals surface area contributed by atoms with Gasteiger partial charge >= 0.3 is 0 Å². The van der Waals surface area contributed by atoms with Gasteiger partial charge in [0.05, 0.1) is 5.69 Å². The Labute approximate surface area is 82.6 Å². The summed E-state index contributed by atoms with van der Waals surface area (Å²) in [6.07, 6.45) is 1.61. The number of nitrogens with zero attached hydrogens (tertiary/aromatic N) is 4. The minimum absolute atomic E-state index is 0.468. The Bertz CT molecular complexity index is 406. The van der Waals surface area contributed by atoms with Crippen LogP contribution in [0.3, 0.4) is 0 Å². The quantitative estimate of drug-likeness (QED) is 0.721. The van der Waals surface area contributed by atoms with E-state index in [-0.39, 0.29) is 0 Å². The second kappa shape index (κ2) is 3.57. The van der Waals surface area contributed by atoms with Crippen molar-refractivity contribution >= 4 is 0 Å². The van der Waals surface area contributed by atoms with Gasteiger partial charge in [0, 0.05) is 0 Å². The number of rotatable bonds is 2. The standard InChI is InChI=1S/C10H12N4/c1-8(2)9-5-3-4-6-10(9)14-7-11-12-13-14/h3-8H,1-2H3. The first-order valence-electron chi connectivity index (χ1n) is 4.61. The maximum Gasteiger partial charge on any atom is 0.143 e. The number of hydrogen-bond donors (Lipinski definition) is 0. The lowest BCUT2D eigenvalue weighted by Gasteiger charge is -2.10. The molecule has 1 aromatic heterocycles. The van der Waals surface area contributed by atoms with Gasteiger partial charge in [-0.3, -0.25) is 0 Å². The van der Waals surface area contributed by atoms with Crippen LogP contribution in [0.1, 0.15) is 25.3 Å². The lowest BCUT2D eigenvalue weighted by Crippen LogP contribution is -2.01. The maximum atomic E-state index is 3.89. The lowest BCUT2D eigenvalue weighted by molar-refractivity contribution is 0.763. The molecule has 14 heavy (non-hydrogen) atoms. The number of para-hydroxylation sites is 1. The van der Waals surface area contributed by atoms with Crippen LogP contribution in [0.4, 0.5) is 0 Å². The normalized spacial score (nSPS) is 10.8. The van der Waals surface area contributed by atoms with Crippen LogP contribution < -0.4 is 0 Å². The van der Waals surface area contributed by atoms with Gasteiger partial charge in [0.15, 0.2) is 0 Å². The number of tetrazole rings is 1. The van der Waals surface area contributed by atoms with E-state index in [1.54, 1.807) is 11.0 Å². The Morgan fingerprint density at radius 2 is 2.00 bits per heavy atom. The molecule has 0 saturated heterocycles. The van der Waals surface area contributed by atoms with E-state index in [0.29, 0.717) is 5.92 Å². The van der Waals surface area contributed by atoms with Gasteiger partial charge in [-0.1, -0.05) is 32.0 Å². The van der Waals surface area contributed by atoms with Crippen molar-refractivity contribution in [1.82, 2.24) is 20.2 Å². The molecule has 0 aliphatic rings. The SMILES string of the molecule is CC(C)c1ccccc1-n1cnnn1. The Morgan fingerprint density at radius 1 is 1.21 bits per heavy atom. The first-order valence-corrected chi connectivity index (χ1v) is 4.61. The largest absolute Gasteiger partial charge is 0.200 e. The molecule has 0 aliphatic heterocycles. The Kier molecular flexibility index (Phi) is 2.26. The molecule has 1 heterocycles. The number of benzene rings is 1. The summed E-state index contributed by atoms with van der Waals surface area (Å²) in [7, 11) is 0. The second-order valence-corrected chi connectivity index (χ2v) is 3.47. The van der Waals surface area contributed by atoms with Crippen molar-refractivity contribution in [2.75, 3.05) is 0 Å². The van der Waals surface area contributed by atoms with Gasteiger partial charge in [-0.15, -0.1) is 5.10 Å². The van der Waals surface area contributed by atoms with Crippen LogP contribution >= 0.6 is 0 Å². The van der Waals surface area contributed by atoms with Crippen LogP contribution in [-0.4, -0.2) is 20.2 Å². The molecule has 0 saturated carbocycles. The van der Waals surface area contributed by atoms with E-state index in [2.05, 4.69) is 35.4 Å². The van der Waals surface area contributed by atoms with E-state index in [1.165, 1.54) is 5.56 Å². The van der Waals surface area contributed by atoms with Crippen LogP contribution in [0.15, 0.2) is 30.6 Å². The van der Waals surface area contributed by atoms with Crippen LogP contribution in [0, 0.1) is 0 Å². The molecular formula is C10H12N4. The molecule has 1 aromatic carbocycles. The summed E-state index contributed by atoms with van der Waals surface area (Å²) in [6, 6.07) is 8.14. The van der Waals surface area contributed by atoms with Gasteiger partial charge in [0.1, 0.15) is 6.33 Å². The predicted molar refractivity (Wildman–Crippen MR) is 53.2 cm³/mol. The van der Waals surface area contributed by atoms with Gasteiger partial charge in [0.25, 0.3) is 0 Å². The molecule has 0 unspecified atom stereocenters. The fourth-order valence-electron chi connectivity index (χ4n) is 1.46. The minimum Gasteiger partial charge on any atom is -0.200 e. The zero-order valence-electron chi connectivity index (χ0n) is 8.25. The maximum absolute atomic E-state index is 3.89. The fourth-order valence-corrected chi connectivity index (χ4v) is 1.46. The highest BCUT2D eigenvalue weighted by atomic mass is 15.5. The van der Waals surface area contributed by atoms with Gasteiger partial charge in [0.2, 0.25) is 0 Å². The summed E-state index contributed by atoms with van der Waals surface area (Å²) in [6.45, 7) is 4.31. The van der Waals surface area contributed by atoms with Crippen molar-refractivity contribution in [2.45, 2.75) is 19.8 Å². The first kappa shape index (κ1) is 8.87. The lowest BCUT2D eigenvalue weighted by atomic mass is 10.0. The van der Waals surface area contributed by atoms with E-state index in [9.17, 15) is 0 Å². The third-order valence-electron chi connectivity index (χ3n) is 2.15. The minimum atomic E-state index is 0.468. The summed E-state index contributed by atoms with van der Waals surface area (Å²) in [5.74, 6) is 0.468. The van der Waals surface area contributed by atoms with Crippen LogP contribution in [0.25, 0.3) is 5.69 Å². The molecule has 72 valence electrons. The molecule has 4 heteroatoms. The third kappa shape index (κ3) is 1.51. The van der Waals surface area contributed by atoms with Gasteiger partial charge in [-0.2, -0.15) is 0 Å². The zero-order chi connectivity index (χ0) is 9.97. The van der Waals surface area contributed by atoms with E-state index < -0.39 is 0 Å². The summed E-state index contributed by atoms with van der Waals surface area (Å²) in [4.78, 5) is 0. The smallest absolute Gasteiger partial charge is 0.143 e. The van der Waals surface area contributed by atoms with Crippen molar-refractivity contribution in [3.63, 3.8) is 0 Å².